The molecule has 4 atom stereocenters. The summed E-state index contributed by atoms with van der Waals surface area (Å²) in [4.78, 5) is 38.9. The topological polar surface area (TPSA) is 107 Å². The summed E-state index contributed by atoms with van der Waals surface area (Å²) in [5.74, 6) is 1.96. The van der Waals surface area contributed by atoms with Gasteiger partial charge in [0, 0.05) is 33.7 Å². The van der Waals surface area contributed by atoms with E-state index in [1.807, 2.05) is 20.8 Å². The fourth-order valence-corrected chi connectivity index (χ4v) is 5.25. The number of aromatic amines is 1. The first-order chi connectivity index (χ1) is 15.0. The SMILES string of the molecule is C#CC1(COC(=O)c2ccccc2)OC(n2cc(C)c(=O)[nH]c2=O)CC1S(=O)C(C)(C)C. The molecule has 0 aliphatic carbocycles. The minimum atomic E-state index is -1.52. The molecule has 8 nitrogen and oxygen atoms in total. The summed E-state index contributed by atoms with van der Waals surface area (Å²) in [6, 6.07) is 8.40. The molecule has 1 aromatic heterocycles. The van der Waals surface area contributed by atoms with Gasteiger partial charge in [0.05, 0.1) is 10.8 Å². The number of hydrogen-bond acceptors (Lipinski definition) is 6. The van der Waals surface area contributed by atoms with E-state index in [0.717, 1.165) is 0 Å². The lowest BCUT2D eigenvalue weighted by Crippen LogP contribution is -2.49. The summed E-state index contributed by atoms with van der Waals surface area (Å²) in [7, 11) is -1.50. The Morgan fingerprint density at radius 2 is 2.00 bits per heavy atom. The van der Waals surface area contributed by atoms with Gasteiger partial charge in [0.15, 0.2) is 5.60 Å². The lowest BCUT2D eigenvalue weighted by atomic mass is 10.0. The number of ether oxygens (including phenoxy) is 2. The van der Waals surface area contributed by atoms with E-state index < -0.39 is 49.8 Å². The highest BCUT2D eigenvalue weighted by atomic mass is 32.2. The van der Waals surface area contributed by atoms with Crippen LogP contribution in [0.5, 0.6) is 0 Å². The van der Waals surface area contributed by atoms with Crippen molar-refractivity contribution < 1.29 is 18.5 Å². The number of H-pyrrole nitrogens is 1. The van der Waals surface area contributed by atoms with E-state index in [9.17, 15) is 18.6 Å². The Balaban J connectivity index is 1.97. The molecule has 4 unspecified atom stereocenters. The van der Waals surface area contributed by atoms with E-state index in [1.54, 1.807) is 37.3 Å². The fourth-order valence-electron chi connectivity index (χ4n) is 3.52. The zero-order valence-corrected chi connectivity index (χ0v) is 19.2. The monoisotopic (exact) mass is 458 g/mol. The van der Waals surface area contributed by atoms with Gasteiger partial charge in [-0.2, -0.15) is 0 Å². The van der Waals surface area contributed by atoms with Crippen LogP contribution in [0.4, 0.5) is 0 Å². The molecule has 1 aliphatic rings. The number of hydrogen-bond donors (Lipinski definition) is 1. The number of aryl methyl sites for hydroxylation is 1. The minimum Gasteiger partial charge on any atom is -0.458 e. The number of nitrogens with zero attached hydrogens (tertiary/aromatic N) is 1. The smallest absolute Gasteiger partial charge is 0.338 e. The van der Waals surface area contributed by atoms with Gasteiger partial charge in [-0.05, 0) is 39.8 Å². The number of nitrogens with one attached hydrogen (secondary N) is 1. The average molecular weight is 459 g/mol. The Kier molecular flexibility index (Phi) is 6.58. The lowest BCUT2D eigenvalue weighted by molar-refractivity contribution is -0.0697. The van der Waals surface area contributed by atoms with Crippen molar-refractivity contribution in [2.45, 2.75) is 55.9 Å². The number of carbonyl (C=O) groups excluding carboxylic acids is 1. The van der Waals surface area contributed by atoms with Crippen LogP contribution < -0.4 is 11.2 Å². The van der Waals surface area contributed by atoms with E-state index >= 15 is 0 Å². The Bertz CT molecular complexity index is 1190. The zero-order valence-electron chi connectivity index (χ0n) is 18.4. The maximum atomic E-state index is 13.4. The molecule has 0 bridgehead atoms. The van der Waals surface area contributed by atoms with Gasteiger partial charge in [0.25, 0.3) is 5.56 Å². The predicted octanol–water partition coefficient (Wildman–Crippen LogP) is 1.91. The van der Waals surface area contributed by atoms with E-state index in [4.69, 9.17) is 15.9 Å². The molecular weight excluding hydrogens is 432 g/mol. The van der Waals surface area contributed by atoms with Crippen molar-refractivity contribution in [2.75, 3.05) is 6.61 Å². The van der Waals surface area contributed by atoms with Gasteiger partial charge in [-0.15, -0.1) is 6.42 Å². The Labute approximate surface area is 188 Å². The molecule has 1 aliphatic heterocycles. The van der Waals surface area contributed by atoms with Crippen LogP contribution in [0.15, 0.2) is 46.1 Å². The van der Waals surface area contributed by atoms with Crippen molar-refractivity contribution in [1.82, 2.24) is 9.55 Å². The quantitative estimate of drug-likeness (QED) is 0.542. The van der Waals surface area contributed by atoms with Crippen LogP contribution in [0.1, 0.15) is 49.3 Å². The summed E-state index contributed by atoms with van der Waals surface area (Å²) < 4.78 is 25.6. The predicted molar refractivity (Wildman–Crippen MR) is 121 cm³/mol. The fraction of sp³-hybridized carbons (Fsp3) is 0.435. The van der Waals surface area contributed by atoms with Crippen LogP contribution in [0, 0.1) is 19.3 Å². The molecule has 2 aromatic rings. The van der Waals surface area contributed by atoms with Gasteiger partial charge >= 0.3 is 11.7 Å². The molecular formula is C23H26N2O6S. The summed E-state index contributed by atoms with van der Waals surface area (Å²) in [6.45, 7) is 6.65. The van der Waals surface area contributed by atoms with Crippen molar-refractivity contribution in [3.05, 3.63) is 68.5 Å². The van der Waals surface area contributed by atoms with Gasteiger partial charge in [-0.25, -0.2) is 9.59 Å². The summed E-state index contributed by atoms with van der Waals surface area (Å²) in [5.41, 5.74) is -2.03. The molecule has 1 saturated heterocycles. The molecule has 32 heavy (non-hydrogen) atoms. The largest absolute Gasteiger partial charge is 0.458 e. The third kappa shape index (κ3) is 4.61. The number of rotatable bonds is 5. The number of carbonyl (C=O) groups is 1. The molecule has 3 rings (SSSR count). The number of esters is 1. The highest BCUT2D eigenvalue weighted by Gasteiger charge is 2.54. The Morgan fingerprint density at radius 1 is 1.34 bits per heavy atom. The third-order valence-corrected chi connectivity index (χ3v) is 7.57. The molecule has 1 fully saturated rings. The standard InChI is InChI=1S/C23H26N2O6S/c1-6-23(14-30-20(27)16-10-8-7-9-11-16)17(32(29)22(3,4)5)12-18(31-23)25-13-15(2)19(26)24-21(25)28/h1,7-11,13,17-18H,12,14H2,2-5H3,(H,24,26,28). The van der Waals surface area contributed by atoms with Crippen molar-refractivity contribution in [3.8, 4) is 12.3 Å². The van der Waals surface area contributed by atoms with Crippen LogP contribution in [-0.4, -0.2) is 41.9 Å². The highest BCUT2D eigenvalue weighted by Crippen LogP contribution is 2.41. The van der Waals surface area contributed by atoms with Gasteiger partial charge in [0.1, 0.15) is 12.8 Å². The Morgan fingerprint density at radius 3 is 2.59 bits per heavy atom. The number of benzene rings is 1. The lowest BCUT2D eigenvalue weighted by Gasteiger charge is -2.32. The van der Waals surface area contributed by atoms with Gasteiger partial charge in [-0.3, -0.25) is 18.6 Å². The molecule has 1 aromatic carbocycles. The number of aromatic nitrogens is 2. The minimum absolute atomic E-state index is 0.141. The van der Waals surface area contributed by atoms with Crippen LogP contribution in [-0.2, 0) is 20.3 Å². The van der Waals surface area contributed by atoms with Gasteiger partial charge in [-0.1, -0.05) is 24.1 Å². The van der Waals surface area contributed by atoms with Crippen molar-refractivity contribution >= 4 is 16.8 Å². The van der Waals surface area contributed by atoms with Gasteiger partial charge < -0.3 is 9.47 Å². The molecule has 1 N–H and O–H groups in total. The highest BCUT2D eigenvalue weighted by molar-refractivity contribution is 7.87. The molecule has 0 radical (unpaired) electrons. The molecule has 2 heterocycles. The summed E-state index contributed by atoms with van der Waals surface area (Å²) >= 11 is 0. The normalized spacial score (nSPS) is 24.0. The van der Waals surface area contributed by atoms with E-state index in [2.05, 4.69) is 10.9 Å². The van der Waals surface area contributed by atoms with Crippen LogP contribution in [0.25, 0.3) is 0 Å². The zero-order chi connectivity index (χ0) is 23.7. The van der Waals surface area contributed by atoms with Crippen LogP contribution in [0.3, 0.4) is 0 Å². The second-order valence-electron chi connectivity index (χ2n) is 8.66. The van der Waals surface area contributed by atoms with Crippen LogP contribution in [0.2, 0.25) is 0 Å². The second-order valence-corrected chi connectivity index (χ2v) is 11.0. The summed E-state index contributed by atoms with van der Waals surface area (Å²) in [5, 5.41) is -0.722. The number of terminal acetylenes is 1. The molecule has 9 heteroatoms. The summed E-state index contributed by atoms with van der Waals surface area (Å²) in [6.07, 6.45) is 6.49. The molecule has 0 amide bonds. The Hall–Kier alpha value is -2.96. The van der Waals surface area contributed by atoms with E-state index in [-0.39, 0.29) is 13.0 Å². The molecule has 170 valence electrons. The first kappa shape index (κ1) is 23.7. The van der Waals surface area contributed by atoms with E-state index in [1.165, 1.54) is 10.8 Å². The van der Waals surface area contributed by atoms with Crippen molar-refractivity contribution in [1.29, 1.82) is 0 Å². The van der Waals surface area contributed by atoms with Gasteiger partial charge in [0.2, 0.25) is 0 Å². The second kappa shape index (κ2) is 8.88. The third-order valence-electron chi connectivity index (χ3n) is 5.27. The maximum Gasteiger partial charge on any atom is 0.338 e. The molecule has 0 saturated carbocycles. The van der Waals surface area contributed by atoms with Crippen LogP contribution >= 0.6 is 0 Å². The first-order valence-corrected chi connectivity index (χ1v) is 11.3. The maximum absolute atomic E-state index is 13.4. The van der Waals surface area contributed by atoms with Crippen molar-refractivity contribution in [3.63, 3.8) is 0 Å². The molecule has 0 spiro atoms. The van der Waals surface area contributed by atoms with Crippen molar-refractivity contribution in [2.24, 2.45) is 0 Å². The average Bonchev–Trinajstić information content (AvgIpc) is 3.13. The van der Waals surface area contributed by atoms with E-state index in [0.29, 0.717) is 11.1 Å². The first-order valence-electron chi connectivity index (χ1n) is 10.1.